The van der Waals surface area contributed by atoms with E-state index in [0.29, 0.717) is 11.4 Å². The van der Waals surface area contributed by atoms with Gasteiger partial charge in [0.2, 0.25) is 0 Å². The van der Waals surface area contributed by atoms with Gasteiger partial charge in [0.1, 0.15) is 0 Å². The second-order valence-electron chi connectivity index (χ2n) is 6.96. The molecule has 0 aliphatic carbocycles. The normalized spacial score (nSPS) is 18.9. The zero-order valence-electron chi connectivity index (χ0n) is 15.1. The lowest BCUT2D eigenvalue weighted by molar-refractivity contribution is 0.203. The van der Waals surface area contributed by atoms with Crippen LogP contribution in [0, 0.1) is 0 Å². The van der Waals surface area contributed by atoms with Gasteiger partial charge in [0, 0.05) is 42.3 Å². The minimum atomic E-state index is -2.92. The molecule has 27 heavy (non-hydrogen) atoms. The molecule has 0 unspecified atom stereocenters. The minimum absolute atomic E-state index is 0.0682. The van der Waals surface area contributed by atoms with Crippen LogP contribution < -0.4 is 5.32 Å². The number of nitrogens with zero attached hydrogens (tertiary/aromatic N) is 1. The van der Waals surface area contributed by atoms with Crippen molar-refractivity contribution >= 4 is 33.0 Å². The monoisotopic (exact) mass is 426 g/mol. The molecule has 0 saturated carbocycles. The van der Waals surface area contributed by atoms with E-state index in [2.05, 4.69) is 10.2 Å². The molecule has 4 nitrogen and oxygen atoms in total. The summed E-state index contributed by atoms with van der Waals surface area (Å²) in [5.74, 6) is 0.527. The molecule has 1 atom stereocenters. The predicted molar refractivity (Wildman–Crippen MR) is 112 cm³/mol. The van der Waals surface area contributed by atoms with Crippen molar-refractivity contribution in [3.63, 3.8) is 0 Å². The lowest BCUT2D eigenvalue weighted by Crippen LogP contribution is -2.40. The van der Waals surface area contributed by atoms with E-state index in [4.69, 9.17) is 23.2 Å². The average Bonchev–Trinajstić information content (AvgIpc) is 2.99. The number of hydrogen-bond acceptors (Lipinski definition) is 4. The van der Waals surface area contributed by atoms with Crippen molar-refractivity contribution in [1.82, 2.24) is 10.2 Å². The van der Waals surface area contributed by atoms with Gasteiger partial charge in [-0.1, -0.05) is 47.5 Å². The number of nitrogens with one attached hydrogen (secondary N) is 1. The first kappa shape index (κ1) is 20.6. The Morgan fingerprint density at radius 2 is 1.81 bits per heavy atom. The standard InChI is InChI=1S/C20H24Cl2N2O2S/c21-18-6-4-16(5-7-18)14-24(20-8-11-27(25,26)15-20)10-9-23-13-17-2-1-3-19(22)12-17/h1-7,12,20,23H,8-11,13-15H2/t20-/m0/s1. The quantitative estimate of drug-likeness (QED) is 0.652. The molecule has 1 aliphatic heterocycles. The fraction of sp³-hybridized carbons (Fsp3) is 0.400. The van der Waals surface area contributed by atoms with E-state index in [1.54, 1.807) is 0 Å². The Balaban J connectivity index is 1.58. The Morgan fingerprint density at radius 1 is 1.04 bits per heavy atom. The molecule has 3 rings (SSSR count). The third-order valence-electron chi connectivity index (χ3n) is 4.82. The smallest absolute Gasteiger partial charge is 0.151 e. The van der Waals surface area contributed by atoms with Crippen LogP contribution in [0.5, 0.6) is 0 Å². The Labute approximate surface area is 171 Å². The van der Waals surface area contributed by atoms with Gasteiger partial charge in [-0.15, -0.1) is 0 Å². The highest BCUT2D eigenvalue weighted by Gasteiger charge is 2.32. The van der Waals surface area contributed by atoms with Crippen LogP contribution in [0.25, 0.3) is 0 Å². The molecule has 2 aromatic carbocycles. The van der Waals surface area contributed by atoms with Crippen LogP contribution in [0.3, 0.4) is 0 Å². The first-order chi connectivity index (χ1) is 12.9. The summed E-state index contributed by atoms with van der Waals surface area (Å²) in [6, 6.07) is 15.6. The summed E-state index contributed by atoms with van der Waals surface area (Å²) in [6.45, 7) is 3.01. The Kier molecular flexibility index (Phi) is 7.17. The highest BCUT2D eigenvalue weighted by molar-refractivity contribution is 7.91. The Bertz CT molecular complexity index is 857. The maximum atomic E-state index is 11.9. The predicted octanol–water partition coefficient (Wildman–Crippen LogP) is 3.77. The largest absolute Gasteiger partial charge is 0.311 e. The maximum Gasteiger partial charge on any atom is 0.151 e. The van der Waals surface area contributed by atoms with Gasteiger partial charge < -0.3 is 5.32 Å². The van der Waals surface area contributed by atoms with Crippen LogP contribution in [-0.4, -0.2) is 44.0 Å². The highest BCUT2D eigenvalue weighted by atomic mass is 35.5. The zero-order chi connectivity index (χ0) is 19.3. The maximum absolute atomic E-state index is 11.9. The van der Waals surface area contributed by atoms with Gasteiger partial charge in [-0.2, -0.15) is 0 Å². The molecular formula is C20H24Cl2N2O2S. The average molecular weight is 427 g/mol. The molecule has 1 saturated heterocycles. The van der Waals surface area contributed by atoms with E-state index >= 15 is 0 Å². The van der Waals surface area contributed by atoms with E-state index in [-0.39, 0.29) is 17.5 Å². The first-order valence-electron chi connectivity index (χ1n) is 9.05. The van der Waals surface area contributed by atoms with Gasteiger partial charge in [-0.25, -0.2) is 8.42 Å². The molecule has 1 aliphatic rings. The van der Waals surface area contributed by atoms with Gasteiger partial charge >= 0.3 is 0 Å². The molecule has 2 aromatic rings. The highest BCUT2D eigenvalue weighted by Crippen LogP contribution is 2.20. The van der Waals surface area contributed by atoms with E-state index in [0.717, 1.165) is 42.3 Å². The fourth-order valence-corrected chi connectivity index (χ4v) is 5.48. The summed E-state index contributed by atoms with van der Waals surface area (Å²) in [6.07, 6.45) is 0.699. The van der Waals surface area contributed by atoms with Crippen LogP contribution in [0.1, 0.15) is 17.5 Å². The van der Waals surface area contributed by atoms with Crippen molar-refractivity contribution in [2.24, 2.45) is 0 Å². The van der Waals surface area contributed by atoms with E-state index < -0.39 is 9.84 Å². The molecule has 0 amide bonds. The molecule has 0 radical (unpaired) electrons. The van der Waals surface area contributed by atoms with E-state index in [9.17, 15) is 8.42 Å². The molecule has 1 heterocycles. The van der Waals surface area contributed by atoms with Crippen molar-refractivity contribution in [2.75, 3.05) is 24.6 Å². The molecule has 0 aromatic heterocycles. The third kappa shape index (κ3) is 6.47. The van der Waals surface area contributed by atoms with E-state index in [1.807, 2.05) is 48.5 Å². The number of sulfone groups is 1. The first-order valence-corrected chi connectivity index (χ1v) is 11.6. The van der Waals surface area contributed by atoms with Crippen LogP contribution in [0.4, 0.5) is 0 Å². The lowest BCUT2D eigenvalue weighted by Gasteiger charge is -2.28. The van der Waals surface area contributed by atoms with Gasteiger partial charge in [0.25, 0.3) is 0 Å². The molecule has 7 heteroatoms. The lowest BCUT2D eigenvalue weighted by atomic mass is 10.1. The summed E-state index contributed by atoms with van der Waals surface area (Å²) in [7, 11) is -2.92. The minimum Gasteiger partial charge on any atom is -0.311 e. The van der Waals surface area contributed by atoms with Crippen LogP contribution in [0.2, 0.25) is 10.0 Å². The summed E-state index contributed by atoms with van der Waals surface area (Å²) >= 11 is 12.0. The topological polar surface area (TPSA) is 49.4 Å². The van der Waals surface area contributed by atoms with Crippen LogP contribution in [-0.2, 0) is 22.9 Å². The molecule has 1 fully saturated rings. The number of benzene rings is 2. The van der Waals surface area contributed by atoms with Crippen molar-refractivity contribution in [3.05, 3.63) is 69.7 Å². The SMILES string of the molecule is O=S1(=O)CC[C@H](N(CCNCc2cccc(Cl)c2)Cc2ccc(Cl)cc2)C1. The van der Waals surface area contributed by atoms with Gasteiger partial charge in [0.05, 0.1) is 11.5 Å². The summed E-state index contributed by atoms with van der Waals surface area (Å²) in [4.78, 5) is 2.26. The molecule has 0 bridgehead atoms. The summed E-state index contributed by atoms with van der Waals surface area (Å²) in [5, 5.41) is 4.86. The number of hydrogen-bond donors (Lipinski definition) is 1. The Morgan fingerprint density at radius 3 is 2.48 bits per heavy atom. The summed E-state index contributed by atoms with van der Waals surface area (Å²) < 4.78 is 23.8. The number of rotatable bonds is 8. The molecular weight excluding hydrogens is 403 g/mol. The van der Waals surface area contributed by atoms with Crippen LogP contribution >= 0.6 is 23.2 Å². The van der Waals surface area contributed by atoms with Crippen molar-refractivity contribution < 1.29 is 8.42 Å². The Hall–Kier alpha value is -1.11. The van der Waals surface area contributed by atoms with Gasteiger partial charge in [-0.05, 0) is 41.8 Å². The van der Waals surface area contributed by atoms with Crippen molar-refractivity contribution in [1.29, 1.82) is 0 Å². The second-order valence-corrected chi connectivity index (χ2v) is 10.1. The molecule has 0 spiro atoms. The van der Waals surface area contributed by atoms with Gasteiger partial charge in [0.15, 0.2) is 9.84 Å². The van der Waals surface area contributed by atoms with Crippen molar-refractivity contribution in [2.45, 2.75) is 25.6 Å². The molecule has 146 valence electrons. The number of halogens is 2. The van der Waals surface area contributed by atoms with E-state index in [1.165, 1.54) is 0 Å². The third-order valence-corrected chi connectivity index (χ3v) is 7.06. The zero-order valence-corrected chi connectivity index (χ0v) is 17.4. The fourth-order valence-electron chi connectivity index (χ4n) is 3.38. The summed E-state index contributed by atoms with van der Waals surface area (Å²) in [5.41, 5.74) is 2.27. The van der Waals surface area contributed by atoms with Gasteiger partial charge in [-0.3, -0.25) is 4.90 Å². The second kappa shape index (κ2) is 9.39. The van der Waals surface area contributed by atoms with Crippen molar-refractivity contribution in [3.8, 4) is 0 Å². The molecule has 1 N–H and O–H groups in total. The van der Waals surface area contributed by atoms with Crippen LogP contribution in [0.15, 0.2) is 48.5 Å².